The lowest BCUT2D eigenvalue weighted by Crippen LogP contribution is -2.38. The molecule has 0 atom stereocenters. The molecular weight excluding hydrogens is 354 g/mol. The van der Waals surface area contributed by atoms with Crippen LogP contribution in [0.25, 0.3) is 0 Å². The van der Waals surface area contributed by atoms with Crippen LogP contribution in [-0.2, 0) is 0 Å². The summed E-state index contributed by atoms with van der Waals surface area (Å²) in [5, 5.41) is 0. The Kier molecular flexibility index (Phi) is 8.69. The molecule has 0 aliphatic rings. The largest absolute Gasteiger partial charge is 0.428 e. The van der Waals surface area contributed by atoms with Gasteiger partial charge in [-0.25, -0.2) is 8.78 Å². The molecule has 0 heterocycles. The number of hydrogen-bond donors (Lipinski definition) is 0. The first-order valence-electron chi connectivity index (χ1n) is 3.86. The highest BCUT2D eigenvalue weighted by atomic mass is 19.4. The summed E-state index contributed by atoms with van der Waals surface area (Å²) < 4.78 is 153. The second-order valence-electron chi connectivity index (χ2n) is 2.89. The third kappa shape index (κ3) is 10.4. The van der Waals surface area contributed by atoms with Crippen molar-refractivity contribution in [2.75, 3.05) is 0 Å². The van der Waals surface area contributed by atoms with E-state index in [2.05, 4.69) is 0 Å². The minimum Gasteiger partial charge on any atom is -0.412 e. The van der Waals surface area contributed by atoms with Crippen LogP contribution in [0.15, 0.2) is 0 Å². The molecule has 0 saturated heterocycles. The van der Waals surface area contributed by atoms with Gasteiger partial charge < -0.3 is 5.48 Å². The van der Waals surface area contributed by atoms with Crippen molar-refractivity contribution in [2.24, 2.45) is 0 Å². The van der Waals surface area contributed by atoms with E-state index in [0.717, 1.165) is 0 Å². The monoisotopic (exact) mass is 358 g/mol. The number of alkyl halides is 14. The summed E-state index contributed by atoms with van der Waals surface area (Å²) in [4.78, 5) is 0. The first-order valence-corrected chi connectivity index (χ1v) is 3.86. The average Bonchev–Trinajstić information content (AvgIpc) is 2.10. The Morgan fingerprint density at radius 2 is 0.476 bits per heavy atom. The lowest BCUT2D eigenvalue weighted by atomic mass is 10.4. The molecule has 0 aromatic carbocycles. The quantitative estimate of drug-likeness (QED) is 0.585. The van der Waals surface area contributed by atoms with Gasteiger partial charge in [-0.3, -0.25) is 0 Å². The van der Waals surface area contributed by atoms with E-state index in [1.165, 1.54) is 0 Å². The summed E-state index contributed by atoms with van der Waals surface area (Å²) in [7, 11) is 0. The zero-order valence-corrected chi connectivity index (χ0v) is 8.95. The maximum atomic E-state index is 11.2. The normalized spacial score (nSPS) is 13.7. The Balaban J connectivity index is -0.000000295. The van der Waals surface area contributed by atoms with Crippen LogP contribution in [0.5, 0.6) is 0 Å². The second-order valence-corrected chi connectivity index (χ2v) is 2.89. The van der Waals surface area contributed by atoms with Gasteiger partial charge in [0.1, 0.15) is 0 Å². The van der Waals surface area contributed by atoms with E-state index < -0.39 is 37.0 Å². The van der Waals surface area contributed by atoms with Crippen LogP contribution in [0.4, 0.5) is 61.5 Å². The van der Waals surface area contributed by atoms with E-state index in [-0.39, 0.29) is 5.48 Å². The Labute approximate surface area is 105 Å². The molecule has 0 fully saturated rings. The molecule has 0 unspecified atom stereocenters. The Hall–Kier alpha value is -1.02. The average molecular weight is 358 g/mol. The van der Waals surface area contributed by atoms with E-state index in [0.29, 0.717) is 0 Å². The van der Waals surface area contributed by atoms with E-state index in [4.69, 9.17) is 0 Å². The van der Waals surface area contributed by atoms with Crippen LogP contribution >= 0.6 is 0 Å². The van der Waals surface area contributed by atoms with Crippen molar-refractivity contribution in [1.82, 2.24) is 0 Å². The highest BCUT2D eigenvalue weighted by Gasteiger charge is 2.58. The van der Waals surface area contributed by atoms with Crippen molar-refractivity contribution in [3.05, 3.63) is 0 Å². The lowest BCUT2D eigenvalue weighted by molar-refractivity contribution is -0.286. The van der Waals surface area contributed by atoms with Gasteiger partial charge in [-0.05, 0) is 0 Å². The molecule has 2 N–H and O–H groups in total. The predicted octanol–water partition coefficient (Wildman–Crippen LogP) is 4.07. The van der Waals surface area contributed by atoms with Gasteiger partial charge in [0.25, 0.3) is 12.3 Å². The Morgan fingerprint density at radius 1 is 0.381 bits per heavy atom. The van der Waals surface area contributed by atoms with Gasteiger partial charge in [0.15, 0.2) is 0 Å². The molecule has 0 rings (SSSR count). The van der Waals surface area contributed by atoms with Gasteiger partial charge in [0, 0.05) is 0 Å². The van der Waals surface area contributed by atoms with Crippen molar-refractivity contribution in [3.8, 4) is 0 Å². The van der Waals surface area contributed by atoms with Crippen LogP contribution in [0.2, 0.25) is 0 Å². The third-order valence-corrected chi connectivity index (χ3v) is 1.15. The first-order chi connectivity index (χ1) is 8.31. The van der Waals surface area contributed by atoms with Crippen LogP contribution in [0, 0.1) is 0 Å². The fourth-order valence-corrected chi connectivity index (χ4v) is 0.371. The predicted molar refractivity (Wildman–Crippen MR) is 37.6 cm³/mol. The summed E-state index contributed by atoms with van der Waals surface area (Å²) >= 11 is 0. The highest BCUT2D eigenvalue weighted by Crippen LogP contribution is 2.36. The van der Waals surface area contributed by atoms with Crippen molar-refractivity contribution in [3.63, 3.8) is 0 Å². The maximum absolute atomic E-state index is 11.2. The van der Waals surface area contributed by atoms with Gasteiger partial charge in [0.2, 0.25) is 0 Å². The zero-order valence-electron chi connectivity index (χ0n) is 8.95. The third-order valence-electron chi connectivity index (χ3n) is 1.15. The SMILES string of the molecule is FC(C(F)(F)F)C(F)(F)F.FC(C(F)(F)F)C(F)(F)F.O. The highest BCUT2D eigenvalue weighted by molar-refractivity contribution is 4.74. The van der Waals surface area contributed by atoms with Crippen LogP contribution in [0.3, 0.4) is 0 Å². The summed E-state index contributed by atoms with van der Waals surface area (Å²) in [6, 6.07) is 0. The van der Waals surface area contributed by atoms with E-state index in [1.807, 2.05) is 0 Å². The Morgan fingerprint density at radius 3 is 0.476 bits per heavy atom. The van der Waals surface area contributed by atoms with Crippen LogP contribution < -0.4 is 0 Å². The molecule has 0 aromatic heterocycles. The Bertz CT molecular complexity index is 222. The summed E-state index contributed by atoms with van der Waals surface area (Å²) in [5.74, 6) is 0. The number of rotatable bonds is 0. The second kappa shape index (κ2) is 7.31. The number of halogens is 14. The lowest BCUT2D eigenvalue weighted by Gasteiger charge is -2.14. The summed E-state index contributed by atoms with van der Waals surface area (Å²) in [6.45, 7) is 0. The molecule has 21 heavy (non-hydrogen) atoms. The van der Waals surface area contributed by atoms with Crippen molar-refractivity contribution >= 4 is 0 Å². The molecule has 0 saturated carbocycles. The van der Waals surface area contributed by atoms with Crippen molar-refractivity contribution < 1.29 is 66.9 Å². The van der Waals surface area contributed by atoms with E-state index in [9.17, 15) is 61.5 Å². The molecular formula is C6H4F14O. The maximum Gasteiger partial charge on any atom is 0.428 e. The molecule has 15 heteroatoms. The van der Waals surface area contributed by atoms with Gasteiger partial charge >= 0.3 is 24.7 Å². The summed E-state index contributed by atoms with van der Waals surface area (Å²) in [6.07, 6.45) is -32.9. The van der Waals surface area contributed by atoms with Crippen molar-refractivity contribution in [1.29, 1.82) is 0 Å². The molecule has 1 nitrogen and oxygen atoms in total. The molecule has 0 amide bonds. The van der Waals surface area contributed by atoms with Gasteiger partial charge in [-0.15, -0.1) is 0 Å². The minimum absolute atomic E-state index is 0. The van der Waals surface area contributed by atoms with Gasteiger partial charge in [0.05, 0.1) is 0 Å². The molecule has 0 aromatic rings. The topological polar surface area (TPSA) is 31.5 Å². The summed E-state index contributed by atoms with van der Waals surface area (Å²) in [5.41, 5.74) is 0. The van der Waals surface area contributed by atoms with Crippen molar-refractivity contribution in [2.45, 2.75) is 37.0 Å². The van der Waals surface area contributed by atoms with E-state index >= 15 is 0 Å². The molecule has 0 aliphatic carbocycles. The molecule has 0 spiro atoms. The van der Waals surface area contributed by atoms with Crippen LogP contribution in [0.1, 0.15) is 0 Å². The standard InChI is InChI=1S/2C3HF7.H2O/c2*4-1(2(5,6)7)3(8,9)10;/h2*1H;1H2. The smallest absolute Gasteiger partial charge is 0.412 e. The molecule has 0 aliphatic heterocycles. The zero-order chi connectivity index (χ0) is 17.2. The molecule has 0 bridgehead atoms. The van der Waals surface area contributed by atoms with Crippen LogP contribution in [-0.4, -0.2) is 42.5 Å². The fraction of sp³-hybridized carbons (Fsp3) is 1.00. The van der Waals surface area contributed by atoms with Gasteiger partial charge in [-0.1, -0.05) is 0 Å². The van der Waals surface area contributed by atoms with E-state index in [1.54, 1.807) is 0 Å². The molecule has 0 radical (unpaired) electrons. The minimum atomic E-state index is -5.85. The number of hydrogen-bond acceptors (Lipinski definition) is 0. The van der Waals surface area contributed by atoms with Gasteiger partial charge in [-0.2, -0.15) is 52.7 Å². The first kappa shape index (κ1) is 25.0. The molecule has 132 valence electrons. The fourth-order valence-electron chi connectivity index (χ4n) is 0.371.